The second-order valence-electron chi connectivity index (χ2n) is 11.0. The highest BCUT2D eigenvalue weighted by Crippen LogP contribution is 2.29. The molecule has 1 atom stereocenters. The second-order valence-corrected chi connectivity index (χ2v) is 11.0. The quantitative estimate of drug-likeness (QED) is 0.390. The number of carbonyl (C=O) groups is 1. The molecule has 0 radical (unpaired) electrons. The van der Waals surface area contributed by atoms with Crippen molar-refractivity contribution in [1.29, 1.82) is 5.26 Å². The van der Waals surface area contributed by atoms with E-state index in [2.05, 4.69) is 50.6 Å². The van der Waals surface area contributed by atoms with Crippen LogP contribution in [0.5, 0.6) is 0 Å². The summed E-state index contributed by atoms with van der Waals surface area (Å²) in [7, 11) is 0. The van der Waals surface area contributed by atoms with Gasteiger partial charge in [-0.15, -0.1) is 5.10 Å². The molecule has 5 rings (SSSR count). The van der Waals surface area contributed by atoms with Crippen LogP contribution in [0.2, 0.25) is 0 Å². The fraction of sp³-hybridized carbons (Fsp3) is 0.444. The SMILES string of the molecule is CC(C)Nc1cc(-n2ncc3cc(C#N)cnc32)ncc1-c1cn(C[C@@H]2CCCN2C(=O)OC(C)(C)C)nn1. The summed E-state index contributed by atoms with van der Waals surface area (Å²) in [6.45, 7) is 10.9. The van der Waals surface area contributed by atoms with E-state index in [0.717, 1.165) is 29.5 Å². The summed E-state index contributed by atoms with van der Waals surface area (Å²) in [6, 6.07) is 5.90. The summed E-state index contributed by atoms with van der Waals surface area (Å²) in [5.41, 5.74) is 2.84. The van der Waals surface area contributed by atoms with Gasteiger partial charge in [0.05, 0.1) is 30.5 Å². The van der Waals surface area contributed by atoms with Gasteiger partial charge in [-0.05, 0) is 53.5 Å². The van der Waals surface area contributed by atoms with Gasteiger partial charge in [-0.2, -0.15) is 15.0 Å². The van der Waals surface area contributed by atoms with E-state index in [1.807, 2.05) is 33.0 Å². The Labute approximate surface area is 226 Å². The molecule has 0 unspecified atom stereocenters. The lowest BCUT2D eigenvalue weighted by molar-refractivity contribution is 0.0211. The first-order chi connectivity index (χ1) is 18.6. The van der Waals surface area contributed by atoms with Crippen LogP contribution in [0, 0.1) is 11.3 Å². The number of aromatic nitrogens is 7. The molecule has 0 aromatic carbocycles. The maximum Gasteiger partial charge on any atom is 0.410 e. The van der Waals surface area contributed by atoms with Gasteiger partial charge in [-0.25, -0.2) is 19.4 Å². The van der Waals surface area contributed by atoms with Crippen LogP contribution in [0.25, 0.3) is 28.1 Å². The van der Waals surface area contributed by atoms with Crippen molar-refractivity contribution in [3.8, 4) is 23.1 Å². The van der Waals surface area contributed by atoms with Crippen LogP contribution in [0.3, 0.4) is 0 Å². The molecule has 202 valence electrons. The molecule has 5 heterocycles. The molecule has 0 aliphatic carbocycles. The van der Waals surface area contributed by atoms with Crippen LogP contribution in [0.1, 0.15) is 53.0 Å². The Bertz CT molecular complexity index is 1540. The van der Waals surface area contributed by atoms with Gasteiger partial charge >= 0.3 is 6.09 Å². The number of fused-ring (bicyclic) bond motifs is 1. The molecule has 0 spiro atoms. The molecule has 0 bridgehead atoms. The molecule has 39 heavy (non-hydrogen) atoms. The molecule has 1 N–H and O–H groups in total. The van der Waals surface area contributed by atoms with E-state index in [9.17, 15) is 4.79 Å². The number of nitriles is 1. The molecule has 12 heteroatoms. The largest absolute Gasteiger partial charge is 0.444 e. The third-order valence-electron chi connectivity index (χ3n) is 6.31. The minimum Gasteiger partial charge on any atom is -0.444 e. The van der Waals surface area contributed by atoms with Gasteiger partial charge < -0.3 is 15.0 Å². The summed E-state index contributed by atoms with van der Waals surface area (Å²) >= 11 is 0. The van der Waals surface area contributed by atoms with Crippen molar-refractivity contribution in [2.24, 2.45) is 0 Å². The molecule has 1 saturated heterocycles. The molecule has 12 nitrogen and oxygen atoms in total. The number of likely N-dealkylation sites (tertiary alicyclic amines) is 1. The number of amides is 1. The predicted octanol–water partition coefficient (Wildman–Crippen LogP) is 4.17. The Morgan fingerprint density at radius 3 is 2.79 bits per heavy atom. The first-order valence-corrected chi connectivity index (χ1v) is 13.0. The lowest BCUT2D eigenvalue weighted by Crippen LogP contribution is -2.41. The average molecular weight is 529 g/mol. The number of rotatable bonds is 6. The molecule has 1 aliphatic rings. The van der Waals surface area contributed by atoms with Crippen LogP contribution in [0.4, 0.5) is 10.5 Å². The summed E-state index contributed by atoms with van der Waals surface area (Å²) in [5.74, 6) is 0.584. The van der Waals surface area contributed by atoms with Crippen LogP contribution < -0.4 is 5.32 Å². The minimum atomic E-state index is -0.540. The zero-order chi connectivity index (χ0) is 27.7. The van der Waals surface area contributed by atoms with Crippen molar-refractivity contribution < 1.29 is 9.53 Å². The fourth-order valence-corrected chi connectivity index (χ4v) is 4.66. The van der Waals surface area contributed by atoms with Gasteiger partial charge in [0.25, 0.3) is 0 Å². The van der Waals surface area contributed by atoms with E-state index in [1.165, 1.54) is 6.20 Å². The summed E-state index contributed by atoms with van der Waals surface area (Å²) in [6.07, 6.45) is 8.33. The molecular formula is C27H32N10O2. The molecular weight excluding hydrogens is 496 g/mol. The van der Waals surface area contributed by atoms with Crippen molar-refractivity contribution in [2.75, 3.05) is 11.9 Å². The van der Waals surface area contributed by atoms with E-state index in [0.29, 0.717) is 35.8 Å². The van der Waals surface area contributed by atoms with Gasteiger partial charge in [0.15, 0.2) is 11.5 Å². The van der Waals surface area contributed by atoms with Gasteiger partial charge in [0, 0.05) is 47.7 Å². The number of ether oxygens (including phenoxy) is 1. The van der Waals surface area contributed by atoms with E-state index < -0.39 is 5.60 Å². The normalized spacial score (nSPS) is 15.6. The van der Waals surface area contributed by atoms with Crippen LogP contribution in [-0.2, 0) is 11.3 Å². The lowest BCUT2D eigenvalue weighted by atomic mass is 10.1. The number of nitrogens with one attached hydrogen (secondary N) is 1. The average Bonchev–Trinajstić information content (AvgIpc) is 3.62. The van der Waals surface area contributed by atoms with Crippen molar-refractivity contribution in [1.82, 2.24) is 39.6 Å². The summed E-state index contributed by atoms with van der Waals surface area (Å²) < 4.78 is 9.01. The Balaban J connectivity index is 1.40. The van der Waals surface area contributed by atoms with Gasteiger partial charge in [-0.1, -0.05) is 5.21 Å². The maximum atomic E-state index is 12.7. The van der Waals surface area contributed by atoms with E-state index in [-0.39, 0.29) is 18.2 Å². The molecule has 0 saturated carbocycles. The third-order valence-corrected chi connectivity index (χ3v) is 6.31. The lowest BCUT2D eigenvalue weighted by Gasteiger charge is -2.28. The van der Waals surface area contributed by atoms with Crippen LogP contribution >= 0.6 is 0 Å². The van der Waals surface area contributed by atoms with Gasteiger partial charge in [-0.3, -0.25) is 0 Å². The van der Waals surface area contributed by atoms with Crippen molar-refractivity contribution in [3.63, 3.8) is 0 Å². The first kappa shape index (κ1) is 26.1. The van der Waals surface area contributed by atoms with Crippen molar-refractivity contribution >= 4 is 22.8 Å². The monoisotopic (exact) mass is 528 g/mol. The fourth-order valence-electron chi connectivity index (χ4n) is 4.66. The predicted molar refractivity (Wildman–Crippen MR) is 145 cm³/mol. The van der Waals surface area contributed by atoms with Crippen LogP contribution in [0.15, 0.2) is 36.9 Å². The molecule has 1 fully saturated rings. The summed E-state index contributed by atoms with van der Waals surface area (Å²) in [5, 5.41) is 26.6. The number of nitrogens with zero attached hydrogens (tertiary/aromatic N) is 9. The Morgan fingerprint density at radius 1 is 1.23 bits per heavy atom. The summed E-state index contributed by atoms with van der Waals surface area (Å²) in [4.78, 5) is 23.5. The highest BCUT2D eigenvalue weighted by atomic mass is 16.6. The van der Waals surface area contributed by atoms with Crippen LogP contribution in [-0.4, -0.2) is 70.0 Å². The topological polar surface area (TPSA) is 140 Å². The number of anilines is 1. The smallest absolute Gasteiger partial charge is 0.410 e. The van der Waals surface area contributed by atoms with E-state index in [4.69, 9.17) is 10.00 Å². The van der Waals surface area contributed by atoms with Gasteiger partial charge in [0.2, 0.25) is 0 Å². The molecule has 1 amide bonds. The van der Waals surface area contributed by atoms with E-state index in [1.54, 1.807) is 32.7 Å². The Kier molecular flexibility index (Phi) is 6.91. The molecule has 4 aromatic heterocycles. The van der Waals surface area contributed by atoms with Crippen molar-refractivity contribution in [3.05, 3.63) is 42.5 Å². The minimum absolute atomic E-state index is 0.00898. The highest BCUT2D eigenvalue weighted by molar-refractivity contribution is 5.79. The number of hydrogen-bond donors (Lipinski definition) is 1. The third kappa shape index (κ3) is 5.67. The van der Waals surface area contributed by atoms with Crippen molar-refractivity contribution in [2.45, 2.75) is 71.7 Å². The Hall–Kier alpha value is -4.53. The first-order valence-electron chi connectivity index (χ1n) is 13.0. The molecule has 1 aliphatic heterocycles. The number of carbonyl (C=O) groups excluding carboxylic acids is 1. The second kappa shape index (κ2) is 10.3. The zero-order valence-electron chi connectivity index (χ0n) is 22.8. The number of hydrogen-bond acceptors (Lipinski definition) is 9. The standard InChI is InChI=1S/C27H32N10O2/c1-17(2)32-22-10-24(37-25-19(13-31-37)9-18(11-28)12-30-25)29-14-21(22)23-16-35(34-33-23)15-20-7-6-8-36(20)26(38)39-27(3,4)5/h9-10,12-14,16-17,20H,6-8,15H2,1-5H3,(H,29,32)/t20-/m0/s1. The maximum absolute atomic E-state index is 12.7. The highest BCUT2D eigenvalue weighted by Gasteiger charge is 2.32. The zero-order valence-corrected chi connectivity index (χ0v) is 22.8. The Morgan fingerprint density at radius 2 is 2.05 bits per heavy atom. The van der Waals surface area contributed by atoms with E-state index >= 15 is 0 Å². The van der Waals surface area contributed by atoms with Gasteiger partial charge in [0.1, 0.15) is 17.4 Å². The number of pyridine rings is 2. The molecule has 4 aromatic rings.